The van der Waals surface area contributed by atoms with Crippen LogP contribution in [-0.4, -0.2) is 76.4 Å². The topological polar surface area (TPSA) is 42.0 Å². The number of nitrogens with zero attached hydrogens (tertiary/aromatic N) is 2. The molecule has 0 N–H and O–H groups in total. The van der Waals surface area contributed by atoms with Crippen molar-refractivity contribution in [1.29, 1.82) is 0 Å². The zero-order valence-corrected chi connectivity index (χ0v) is 17.6. The van der Waals surface area contributed by atoms with Gasteiger partial charge in [0.2, 0.25) is 6.41 Å². The van der Waals surface area contributed by atoms with E-state index in [-0.39, 0.29) is 0 Å². The molecule has 2 rings (SSSR count). The summed E-state index contributed by atoms with van der Waals surface area (Å²) in [4.78, 5) is 14.1. The Morgan fingerprint density at radius 3 is 1.46 bits per heavy atom. The lowest BCUT2D eigenvalue weighted by molar-refractivity contribution is -0.117. The van der Waals surface area contributed by atoms with Crippen LogP contribution in [0.5, 0.6) is 0 Å². The SMILES string of the molecule is CC.CCOC(C)C.CN1CCCC1.COC.O=CN1CCCC1. The summed E-state index contributed by atoms with van der Waals surface area (Å²) >= 11 is 0. The van der Waals surface area contributed by atoms with Crippen molar-refractivity contribution in [1.82, 2.24) is 9.80 Å². The fraction of sp³-hybridized carbons (Fsp3) is 0.947. The fourth-order valence-corrected chi connectivity index (χ4v) is 2.06. The molecule has 0 aromatic rings. The van der Waals surface area contributed by atoms with Gasteiger partial charge in [-0.05, 0) is 66.6 Å². The Hall–Kier alpha value is -0.650. The number of amides is 1. The highest BCUT2D eigenvalue weighted by atomic mass is 16.5. The van der Waals surface area contributed by atoms with Gasteiger partial charge in [0.15, 0.2) is 0 Å². The van der Waals surface area contributed by atoms with E-state index in [1.165, 1.54) is 38.8 Å². The van der Waals surface area contributed by atoms with Crippen LogP contribution in [0.4, 0.5) is 0 Å². The van der Waals surface area contributed by atoms with Crippen molar-refractivity contribution in [2.24, 2.45) is 0 Å². The molecule has 148 valence electrons. The molecule has 2 fully saturated rings. The van der Waals surface area contributed by atoms with Gasteiger partial charge in [0.1, 0.15) is 0 Å². The molecule has 24 heavy (non-hydrogen) atoms. The first-order chi connectivity index (χ1) is 11.5. The predicted octanol–water partition coefficient (Wildman–Crippen LogP) is 3.67. The molecule has 0 aromatic heterocycles. The first-order valence-electron chi connectivity index (χ1n) is 9.41. The van der Waals surface area contributed by atoms with Crippen molar-refractivity contribution in [2.75, 3.05) is 54.1 Å². The van der Waals surface area contributed by atoms with E-state index in [1.807, 2.05) is 34.6 Å². The molecule has 2 heterocycles. The largest absolute Gasteiger partial charge is 0.388 e. The van der Waals surface area contributed by atoms with Crippen LogP contribution in [0, 0.1) is 0 Å². The zero-order chi connectivity index (χ0) is 19.2. The van der Waals surface area contributed by atoms with Gasteiger partial charge < -0.3 is 19.3 Å². The van der Waals surface area contributed by atoms with Crippen LogP contribution >= 0.6 is 0 Å². The number of ether oxygens (including phenoxy) is 2. The Labute approximate surface area is 151 Å². The third-order valence-corrected chi connectivity index (χ3v) is 3.12. The summed E-state index contributed by atoms with van der Waals surface area (Å²) in [5, 5.41) is 0. The molecule has 0 radical (unpaired) electrons. The minimum Gasteiger partial charge on any atom is -0.388 e. The van der Waals surface area contributed by atoms with Crippen molar-refractivity contribution >= 4 is 6.41 Å². The van der Waals surface area contributed by atoms with Crippen LogP contribution in [0.1, 0.15) is 60.3 Å². The lowest BCUT2D eigenvalue weighted by Crippen LogP contribution is -2.15. The average Bonchev–Trinajstić information content (AvgIpc) is 3.24. The number of hydrogen-bond acceptors (Lipinski definition) is 4. The molecule has 0 unspecified atom stereocenters. The van der Waals surface area contributed by atoms with Crippen LogP contribution in [0.25, 0.3) is 0 Å². The Balaban J connectivity index is -0.000000244. The summed E-state index contributed by atoms with van der Waals surface area (Å²) in [6.45, 7) is 15.5. The quantitative estimate of drug-likeness (QED) is 0.730. The standard InChI is InChI=1S/C5H9NO.C5H11N.C5H12O.C2H6O.C2H6/c7-5-6-3-1-2-4-6;1-6-4-2-3-5-6;1-4-6-5(2)3;1-3-2;1-2/h5H,1-4H2;2-5H2,1H3;5H,4H2,1-3H3;1-2H3;1-2H3. The van der Waals surface area contributed by atoms with Gasteiger partial charge in [0, 0.05) is 33.9 Å². The van der Waals surface area contributed by atoms with Crippen molar-refractivity contribution in [3.8, 4) is 0 Å². The maximum absolute atomic E-state index is 9.93. The molecule has 0 saturated carbocycles. The molecule has 2 aliphatic rings. The van der Waals surface area contributed by atoms with Crippen molar-refractivity contribution in [3.05, 3.63) is 0 Å². The summed E-state index contributed by atoms with van der Waals surface area (Å²) in [5.41, 5.74) is 0. The number of rotatable bonds is 3. The third kappa shape index (κ3) is 26.3. The first-order valence-corrected chi connectivity index (χ1v) is 9.41. The monoisotopic (exact) mass is 348 g/mol. The van der Waals surface area contributed by atoms with Crippen molar-refractivity contribution in [2.45, 2.75) is 66.4 Å². The lowest BCUT2D eigenvalue weighted by atomic mass is 10.4. The van der Waals surface area contributed by atoms with Gasteiger partial charge in [-0.1, -0.05) is 13.8 Å². The minimum absolute atomic E-state index is 0.398. The van der Waals surface area contributed by atoms with Crippen molar-refractivity contribution in [3.63, 3.8) is 0 Å². The Morgan fingerprint density at radius 2 is 1.33 bits per heavy atom. The van der Waals surface area contributed by atoms with Gasteiger partial charge in [-0.15, -0.1) is 0 Å². The molecular formula is C19H44N2O3. The van der Waals surface area contributed by atoms with E-state index in [9.17, 15) is 4.79 Å². The highest BCUT2D eigenvalue weighted by Gasteiger charge is 2.06. The van der Waals surface area contributed by atoms with Gasteiger partial charge in [0.25, 0.3) is 0 Å². The molecule has 1 amide bonds. The molecule has 0 aromatic carbocycles. The number of carbonyl (C=O) groups excluding carboxylic acids is 1. The van der Waals surface area contributed by atoms with E-state index >= 15 is 0 Å². The van der Waals surface area contributed by atoms with Gasteiger partial charge in [-0.2, -0.15) is 0 Å². The van der Waals surface area contributed by atoms with E-state index in [0.717, 1.165) is 26.1 Å². The Bertz CT molecular complexity index is 215. The maximum Gasteiger partial charge on any atom is 0.209 e. The third-order valence-electron chi connectivity index (χ3n) is 3.12. The van der Waals surface area contributed by atoms with Crippen LogP contribution in [0.2, 0.25) is 0 Å². The molecular weight excluding hydrogens is 304 g/mol. The molecule has 0 spiro atoms. The highest BCUT2D eigenvalue weighted by molar-refractivity contribution is 5.47. The zero-order valence-electron chi connectivity index (χ0n) is 17.6. The Kier molecular flexibility index (Phi) is 28.9. The van der Waals surface area contributed by atoms with E-state index in [4.69, 9.17) is 4.74 Å². The molecule has 2 aliphatic heterocycles. The van der Waals surface area contributed by atoms with E-state index in [2.05, 4.69) is 16.7 Å². The second kappa shape index (κ2) is 24.6. The summed E-state index contributed by atoms with van der Waals surface area (Å²) in [5.74, 6) is 0. The summed E-state index contributed by atoms with van der Waals surface area (Å²) < 4.78 is 9.29. The predicted molar refractivity (Wildman–Crippen MR) is 105 cm³/mol. The van der Waals surface area contributed by atoms with Crippen LogP contribution in [-0.2, 0) is 14.3 Å². The number of hydrogen-bond donors (Lipinski definition) is 0. The Morgan fingerprint density at radius 1 is 0.958 bits per heavy atom. The second-order valence-corrected chi connectivity index (χ2v) is 5.77. The molecule has 5 nitrogen and oxygen atoms in total. The number of methoxy groups -OCH3 is 1. The number of likely N-dealkylation sites (tertiary alicyclic amines) is 2. The average molecular weight is 349 g/mol. The number of carbonyl (C=O) groups is 1. The smallest absolute Gasteiger partial charge is 0.209 e. The molecule has 2 saturated heterocycles. The van der Waals surface area contributed by atoms with Crippen LogP contribution < -0.4 is 0 Å². The highest BCUT2D eigenvalue weighted by Crippen LogP contribution is 2.03. The van der Waals surface area contributed by atoms with E-state index in [0.29, 0.717) is 6.10 Å². The molecule has 0 atom stereocenters. The van der Waals surface area contributed by atoms with Crippen LogP contribution in [0.3, 0.4) is 0 Å². The van der Waals surface area contributed by atoms with Crippen molar-refractivity contribution < 1.29 is 14.3 Å². The summed E-state index contributed by atoms with van der Waals surface area (Å²) in [7, 11) is 5.42. The lowest BCUT2D eigenvalue weighted by Gasteiger charge is -2.03. The second-order valence-electron chi connectivity index (χ2n) is 5.77. The van der Waals surface area contributed by atoms with Gasteiger partial charge in [-0.25, -0.2) is 0 Å². The maximum atomic E-state index is 9.93. The normalized spacial score (nSPS) is 15.8. The molecule has 5 heteroatoms. The minimum atomic E-state index is 0.398. The fourth-order valence-electron chi connectivity index (χ4n) is 2.06. The summed E-state index contributed by atoms with van der Waals surface area (Å²) in [6, 6.07) is 0. The molecule has 0 aliphatic carbocycles. The van der Waals surface area contributed by atoms with E-state index in [1.54, 1.807) is 19.1 Å². The van der Waals surface area contributed by atoms with E-state index < -0.39 is 0 Å². The van der Waals surface area contributed by atoms with Crippen LogP contribution in [0.15, 0.2) is 0 Å². The first kappa shape index (κ1) is 28.2. The summed E-state index contributed by atoms with van der Waals surface area (Å²) in [6.07, 6.45) is 6.53. The van der Waals surface area contributed by atoms with Gasteiger partial charge in [-0.3, -0.25) is 4.79 Å². The van der Waals surface area contributed by atoms with Gasteiger partial charge >= 0.3 is 0 Å². The van der Waals surface area contributed by atoms with Gasteiger partial charge in [0.05, 0.1) is 6.10 Å². The molecule has 0 bridgehead atoms.